The van der Waals surface area contributed by atoms with Crippen LogP contribution in [0.1, 0.15) is 26.7 Å². The van der Waals surface area contributed by atoms with E-state index in [9.17, 15) is 22.8 Å². The monoisotopic (exact) mass is 338 g/mol. The molecule has 0 N–H and O–H groups in total. The predicted molar refractivity (Wildman–Crippen MR) is 73.1 cm³/mol. The van der Waals surface area contributed by atoms with Crippen molar-refractivity contribution in [2.75, 3.05) is 32.7 Å². The molecule has 2 fully saturated rings. The molecular formula is C14H21F3N2O4. The first-order chi connectivity index (χ1) is 10.5. The van der Waals surface area contributed by atoms with Gasteiger partial charge >= 0.3 is 18.1 Å². The van der Waals surface area contributed by atoms with Crippen LogP contribution in [0.3, 0.4) is 0 Å². The van der Waals surface area contributed by atoms with E-state index in [-0.39, 0.29) is 31.5 Å². The van der Waals surface area contributed by atoms with Gasteiger partial charge in [-0.1, -0.05) is 0 Å². The van der Waals surface area contributed by atoms with Gasteiger partial charge in [0.05, 0.1) is 6.54 Å². The van der Waals surface area contributed by atoms with E-state index in [1.807, 2.05) is 18.7 Å². The molecule has 2 heterocycles. The first-order valence-corrected chi connectivity index (χ1v) is 7.53. The molecule has 0 aromatic rings. The number of cyclic esters (lactones) is 1. The molecule has 0 bridgehead atoms. The number of ether oxygens (including phenoxy) is 1. The van der Waals surface area contributed by atoms with Crippen molar-refractivity contribution in [3.8, 4) is 0 Å². The summed E-state index contributed by atoms with van der Waals surface area (Å²) in [4.78, 5) is 28.7. The molecule has 0 amide bonds. The number of hydroxylamine groups is 2. The van der Waals surface area contributed by atoms with Crippen LogP contribution in [0.15, 0.2) is 0 Å². The van der Waals surface area contributed by atoms with Gasteiger partial charge in [-0.3, -0.25) is 9.69 Å². The van der Waals surface area contributed by atoms with E-state index < -0.39 is 17.7 Å². The second-order valence-corrected chi connectivity index (χ2v) is 6.65. The second-order valence-electron chi connectivity index (χ2n) is 6.65. The first-order valence-electron chi connectivity index (χ1n) is 7.53. The second kappa shape index (κ2) is 6.64. The fourth-order valence-corrected chi connectivity index (χ4v) is 3.00. The van der Waals surface area contributed by atoms with Gasteiger partial charge in [-0.15, -0.1) is 5.06 Å². The van der Waals surface area contributed by atoms with E-state index in [4.69, 9.17) is 4.74 Å². The van der Waals surface area contributed by atoms with E-state index in [1.54, 1.807) is 0 Å². The minimum Gasteiger partial charge on any atom is -0.457 e. The summed E-state index contributed by atoms with van der Waals surface area (Å²) >= 11 is 0. The predicted octanol–water partition coefficient (Wildman–Crippen LogP) is 1.36. The molecule has 2 aliphatic rings. The van der Waals surface area contributed by atoms with Crippen molar-refractivity contribution < 1.29 is 32.3 Å². The zero-order valence-electron chi connectivity index (χ0n) is 13.2. The molecule has 23 heavy (non-hydrogen) atoms. The number of piperidine rings is 1. The number of nitrogens with zero attached hydrogens (tertiary/aromatic N) is 2. The summed E-state index contributed by atoms with van der Waals surface area (Å²) in [5.74, 6) is -2.20. The SMILES string of the molecule is CC1(C)CN(CC2CCN(OC(=O)C(F)(F)F)CC2)CC(=O)O1. The maximum absolute atomic E-state index is 12.1. The van der Waals surface area contributed by atoms with Crippen LogP contribution in [0.4, 0.5) is 13.2 Å². The third-order valence-electron chi connectivity index (χ3n) is 3.88. The minimum absolute atomic E-state index is 0.229. The van der Waals surface area contributed by atoms with E-state index in [0.29, 0.717) is 25.9 Å². The highest BCUT2D eigenvalue weighted by Gasteiger charge is 2.43. The molecule has 0 saturated carbocycles. The highest BCUT2D eigenvalue weighted by molar-refractivity contribution is 5.75. The van der Waals surface area contributed by atoms with Crippen LogP contribution in [-0.4, -0.2) is 66.4 Å². The van der Waals surface area contributed by atoms with Gasteiger partial charge in [0, 0.05) is 26.2 Å². The Kier molecular flexibility index (Phi) is 5.20. The van der Waals surface area contributed by atoms with Gasteiger partial charge in [0.2, 0.25) is 0 Å². The Morgan fingerprint density at radius 1 is 1.35 bits per heavy atom. The highest BCUT2D eigenvalue weighted by atomic mass is 19.4. The third-order valence-corrected chi connectivity index (χ3v) is 3.88. The number of rotatable bonds is 3. The summed E-state index contributed by atoms with van der Waals surface area (Å²) in [5.41, 5.74) is -0.529. The Hall–Kier alpha value is -1.35. The van der Waals surface area contributed by atoms with Gasteiger partial charge < -0.3 is 9.57 Å². The van der Waals surface area contributed by atoms with Crippen LogP contribution in [0.2, 0.25) is 0 Å². The van der Waals surface area contributed by atoms with Gasteiger partial charge in [-0.25, -0.2) is 4.79 Å². The van der Waals surface area contributed by atoms with Crippen molar-refractivity contribution in [1.82, 2.24) is 9.96 Å². The highest BCUT2D eigenvalue weighted by Crippen LogP contribution is 2.24. The lowest BCUT2D eigenvalue weighted by molar-refractivity contribution is -0.242. The topological polar surface area (TPSA) is 59.1 Å². The summed E-state index contributed by atoms with van der Waals surface area (Å²) in [6, 6.07) is 0. The van der Waals surface area contributed by atoms with Crippen molar-refractivity contribution in [3.63, 3.8) is 0 Å². The van der Waals surface area contributed by atoms with Crippen molar-refractivity contribution in [2.24, 2.45) is 5.92 Å². The van der Waals surface area contributed by atoms with E-state index in [2.05, 4.69) is 4.84 Å². The fraction of sp³-hybridized carbons (Fsp3) is 0.857. The Balaban J connectivity index is 1.77. The van der Waals surface area contributed by atoms with Gasteiger partial charge in [0.25, 0.3) is 0 Å². The zero-order valence-corrected chi connectivity index (χ0v) is 13.2. The van der Waals surface area contributed by atoms with Crippen LogP contribution >= 0.6 is 0 Å². The standard InChI is InChI=1S/C14H21F3N2O4/c1-13(2)9-18(8-11(20)22-13)7-10-3-5-19(6-4-10)23-12(21)14(15,16)17/h10H,3-9H2,1-2H3. The molecular weight excluding hydrogens is 317 g/mol. The lowest BCUT2D eigenvalue weighted by Crippen LogP contribution is -2.52. The summed E-state index contributed by atoms with van der Waals surface area (Å²) in [6.07, 6.45) is -3.76. The number of hydrogen-bond donors (Lipinski definition) is 0. The summed E-state index contributed by atoms with van der Waals surface area (Å²) in [7, 11) is 0. The van der Waals surface area contributed by atoms with Crippen LogP contribution in [0.25, 0.3) is 0 Å². The molecule has 9 heteroatoms. The number of hydrogen-bond acceptors (Lipinski definition) is 6. The molecule has 6 nitrogen and oxygen atoms in total. The van der Waals surface area contributed by atoms with Crippen LogP contribution < -0.4 is 0 Å². The quantitative estimate of drug-likeness (QED) is 0.724. The molecule has 0 spiro atoms. The van der Waals surface area contributed by atoms with Crippen molar-refractivity contribution >= 4 is 11.9 Å². The maximum Gasteiger partial charge on any atom is 0.492 e. The number of alkyl halides is 3. The molecule has 2 aliphatic heterocycles. The normalized spacial score (nSPS) is 24.3. The average Bonchev–Trinajstić information content (AvgIpc) is 2.37. The molecule has 2 rings (SSSR count). The maximum atomic E-state index is 12.1. The first kappa shape index (κ1) is 18.0. The minimum atomic E-state index is -4.98. The van der Waals surface area contributed by atoms with Crippen LogP contribution in [-0.2, 0) is 19.2 Å². The van der Waals surface area contributed by atoms with Gasteiger partial charge in [0.15, 0.2) is 0 Å². The van der Waals surface area contributed by atoms with E-state index in [0.717, 1.165) is 5.06 Å². The van der Waals surface area contributed by atoms with E-state index >= 15 is 0 Å². The lowest BCUT2D eigenvalue weighted by Gasteiger charge is -2.40. The molecule has 0 atom stereocenters. The smallest absolute Gasteiger partial charge is 0.457 e. The van der Waals surface area contributed by atoms with Gasteiger partial charge in [-0.2, -0.15) is 13.2 Å². The largest absolute Gasteiger partial charge is 0.492 e. The molecule has 0 radical (unpaired) electrons. The zero-order chi connectivity index (χ0) is 17.3. The molecule has 0 aliphatic carbocycles. The third kappa shape index (κ3) is 5.35. The van der Waals surface area contributed by atoms with Gasteiger partial charge in [-0.05, 0) is 32.6 Å². The van der Waals surface area contributed by atoms with Gasteiger partial charge in [0.1, 0.15) is 5.60 Å². The van der Waals surface area contributed by atoms with E-state index in [1.165, 1.54) is 0 Å². The number of carbonyl (C=O) groups is 2. The summed E-state index contributed by atoms with van der Waals surface area (Å²) in [5, 5.41) is 1.06. The van der Waals surface area contributed by atoms with Crippen molar-refractivity contribution in [2.45, 2.75) is 38.5 Å². The molecule has 132 valence electrons. The Morgan fingerprint density at radius 2 is 1.96 bits per heavy atom. The van der Waals surface area contributed by atoms with Crippen molar-refractivity contribution in [3.05, 3.63) is 0 Å². The average molecular weight is 338 g/mol. The number of halogens is 3. The van der Waals surface area contributed by atoms with Crippen molar-refractivity contribution in [1.29, 1.82) is 0 Å². The Bertz CT molecular complexity index is 459. The number of esters is 1. The fourth-order valence-electron chi connectivity index (χ4n) is 3.00. The Labute approximate surface area is 132 Å². The van der Waals surface area contributed by atoms with Crippen LogP contribution in [0.5, 0.6) is 0 Å². The van der Waals surface area contributed by atoms with Crippen LogP contribution in [0, 0.1) is 5.92 Å². The summed E-state index contributed by atoms with van der Waals surface area (Å²) in [6.45, 7) is 5.74. The summed E-state index contributed by atoms with van der Waals surface area (Å²) < 4.78 is 41.7. The molecule has 0 aromatic carbocycles. The molecule has 0 aromatic heterocycles. The molecule has 0 unspecified atom stereocenters. The Morgan fingerprint density at radius 3 is 2.48 bits per heavy atom. The lowest BCUT2D eigenvalue weighted by atomic mass is 9.96. The number of carbonyl (C=O) groups excluding carboxylic acids is 2. The number of morpholine rings is 1. The molecule has 2 saturated heterocycles.